The molecule has 0 bridgehead atoms. The number of hydrazone groups is 1. The predicted octanol–water partition coefficient (Wildman–Crippen LogP) is 4.52. The highest BCUT2D eigenvalue weighted by molar-refractivity contribution is 7.87. The molecule has 0 atom stereocenters. The second-order valence-electron chi connectivity index (χ2n) is 6.09. The first-order valence-electron chi connectivity index (χ1n) is 8.71. The van der Waals surface area contributed by atoms with Gasteiger partial charge in [0.15, 0.2) is 5.75 Å². The van der Waals surface area contributed by atoms with Gasteiger partial charge < -0.3 is 8.92 Å². The number of nitrogens with zero attached hydrogens (tertiary/aromatic N) is 1. The molecule has 1 N–H and O–H groups in total. The molecular formula is C20H16Cl2N2O5S2. The number of amides is 1. The van der Waals surface area contributed by atoms with Crippen LogP contribution >= 0.6 is 34.5 Å². The van der Waals surface area contributed by atoms with E-state index in [0.717, 1.165) is 16.9 Å². The molecule has 1 amide bonds. The molecule has 0 aliphatic carbocycles. The SMILES string of the molecule is COc1cccc(CC(=O)NN=Cc2ccccc2OS(=O)(=O)c2cc(Cl)sc2Cl)c1. The van der Waals surface area contributed by atoms with Gasteiger partial charge in [-0.2, -0.15) is 13.5 Å². The number of para-hydroxylation sites is 1. The van der Waals surface area contributed by atoms with Gasteiger partial charge >= 0.3 is 10.1 Å². The van der Waals surface area contributed by atoms with Crippen LogP contribution in [-0.2, 0) is 21.3 Å². The van der Waals surface area contributed by atoms with Gasteiger partial charge in [-0.3, -0.25) is 4.79 Å². The highest BCUT2D eigenvalue weighted by Gasteiger charge is 2.24. The van der Waals surface area contributed by atoms with Gasteiger partial charge in [-0.25, -0.2) is 5.43 Å². The maximum absolute atomic E-state index is 12.5. The van der Waals surface area contributed by atoms with Gasteiger partial charge in [-0.1, -0.05) is 47.5 Å². The van der Waals surface area contributed by atoms with Gasteiger partial charge in [0, 0.05) is 5.56 Å². The molecule has 162 valence electrons. The van der Waals surface area contributed by atoms with Crippen LogP contribution < -0.4 is 14.3 Å². The molecule has 11 heteroatoms. The van der Waals surface area contributed by atoms with Gasteiger partial charge in [0.25, 0.3) is 0 Å². The molecule has 2 aromatic carbocycles. The molecule has 0 aliphatic heterocycles. The quantitative estimate of drug-likeness (QED) is 0.279. The molecule has 0 fully saturated rings. The molecule has 0 radical (unpaired) electrons. The van der Waals surface area contributed by atoms with Crippen LogP contribution in [0.4, 0.5) is 0 Å². The van der Waals surface area contributed by atoms with Gasteiger partial charge in [0.2, 0.25) is 5.91 Å². The number of ether oxygens (including phenoxy) is 1. The lowest BCUT2D eigenvalue weighted by atomic mass is 10.1. The highest BCUT2D eigenvalue weighted by atomic mass is 35.5. The molecule has 31 heavy (non-hydrogen) atoms. The largest absolute Gasteiger partial charge is 0.497 e. The summed E-state index contributed by atoms with van der Waals surface area (Å²) in [6.07, 6.45) is 1.38. The molecule has 1 aromatic heterocycles. The zero-order chi connectivity index (χ0) is 22.4. The van der Waals surface area contributed by atoms with Crippen molar-refractivity contribution in [1.29, 1.82) is 0 Å². The monoisotopic (exact) mass is 498 g/mol. The average molecular weight is 499 g/mol. The maximum atomic E-state index is 12.5. The molecule has 0 saturated heterocycles. The normalized spacial score (nSPS) is 11.5. The molecule has 0 spiro atoms. The number of methoxy groups -OCH3 is 1. The van der Waals surface area contributed by atoms with Crippen molar-refractivity contribution in [2.24, 2.45) is 5.10 Å². The van der Waals surface area contributed by atoms with Crippen LogP contribution in [0, 0.1) is 0 Å². The van der Waals surface area contributed by atoms with Crippen molar-refractivity contribution in [3.63, 3.8) is 0 Å². The highest BCUT2D eigenvalue weighted by Crippen LogP contribution is 2.35. The van der Waals surface area contributed by atoms with Crippen LogP contribution in [0.1, 0.15) is 11.1 Å². The first-order chi connectivity index (χ1) is 14.8. The van der Waals surface area contributed by atoms with Crippen molar-refractivity contribution in [3.05, 3.63) is 74.4 Å². The maximum Gasteiger partial charge on any atom is 0.341 e. The van der Waals surface area contributed by atoms with E-state index in [1.165, 1.54) is 18.3 Å². The summed E-state index contributed by atoms with van der Waals surface area (Å²) in [6.45, 7) is 0. The average Bonchev–Trinajstić information content (AvgIpc) is 3.08. The third kappa shape index (κ3) is 6.20. The number of carbonyl (C=O) groups is 1. The van der Waals surface area contributed by atoms with E-state index >= 15 is 0 Å². The molecule has 0 saturated carbocycles. The zero-order valence-corrected chi connectivity index (χ0v) is 19.2. The second kappa shape index (κ2) is 10.1. The van der Waals surface area contributed by atoms with Crippen LogP contribution in [-0.4, -0.2) is 27.6 Å². The summed E-state index contributed by atoms with van der Waals surface area (Å²) in [5, 5.41) is 3.89. The van der Waals surface area contributed by atoms with E-state index in [1.54, 1.807) is 49.6 Å². The van der Waals surface area contributed by atoms with E-state index in [2.05, 4.69) is 10.5 Å². The van der Waals surface area contributed by atoms with Crippen LogP contribution in [0.15, 0.2) is 64.6 Å². The first kappa shape index (κ1) is 23.1. The minimum Gasteiger partial charge on any atom is -0.497 e. The minimum absolute atomic E-state index is 0.000883. The lowest BCUT2D eigenvalue weighted by molar-refractivity contribution is -0.120. The van der Waals surface area contributed by atoms with Crippen molar-refractivity contribution in [3.8, 4) is 11.5 Å². The van der Waals surface area contributed by atoms with Crippen LogP contribution in [0.3, 0.4) is 0 Å². The lowest BCUT2D eigenvalue weighted by Crippen LogP contribution is -2.19. The van der Waals surface area contributed by atoms with E-state index in [-0.39, 0.29) is 31.6 Å². The summed E-state index contributed by atoms with van der Waals surface area (Å²) >= 11 is 12.7. The number of hydrogen-bond donors (Lipinski definition) is 1. The van der Waals surface area contributed by atoms with E-state index in [9.17, 15) is 13.2 Å². The molecule has 0 unspecified atom stereocenters. The summed E-state index contributed by atoms with van der Waals surface area (Å²) in [4.78, 5) is 11.9. The Bertz CT molecular complexity index is 1230. The minimum atomic E-state index is -4.20. The number of halogens is 2. The van der Waals surface area contributed by atoms with Crippen molar-refractivity contribution < 1.29 is 22.1 Å². The standard InChI is InChI=1S/C20H16Cl2N2O5S2/c1-28-15-7-4-5-13(9-15)10-19(25)24-23-12-14-6-2-3-8-16(14)29-31(26,27)17-11-18(21)30-20(17)22/h2-9,11-12H,10H2,1H3,(H,24,25). The Kier molecular flexibility index (Phi) is 7.55. The summed E-state index contributed by atoms with van der Waals surface area (Å²) in [6, 6.07) is 14.6. The molecular weight excluding hydrogens is 483 g/mol. The zero-order valence-electron chi connectivity index (χ0n) is 16.0. The van der Waals surface area contributed by atoms with Crippen LogP contribution in [0.25, 0.3) is 0 Å². The molecule has 0 aliphatic rings. The number of rotatable bonds is 8. The molecule has 3 rings (SSSR count). The topological polar surface area (TPSA) is 94.1 Å². The number of benzene rings is 2. The smallest absolute Gasteiger partial charge is 0.341 e. The van der Waals surface area contributed by atoms with Gasteiger partial charge in [0.1, 0.15) is 15.0 Å². The Labute approximate surface area is 193 Å². The summed E-state index contributed by atoms with van der Waals surface area (Å²) < 4.78 is 35.6. The third-order valence-electron chi connectivity index (χ3n) is 3.90. The van der Waals surface area contributed by atoms with Crippen molar-refractivity contribution >= 4 is 56.8 Å². The predicted molar refractivity (Wildman–Crippen MR) is 121 cm³/mol. The Morgan fingerprint density at radius 2 is 1.94 bits per heavy atom. The first-order valence-corrected chi connectivity index (χ1v) is 11.7. The fourth-order valence-corrected chi connectivity index (χ4v) is 5.56. The van der Waals surface area contributed by atoms with E-state index in [4.69, 9.17) is 32.1 Å². The molecule has 1 heterocycles. The van der Waals surface area contributed by atoms with Crippen molar-refractivity contribution in [2.45, 2.75) is 11.3 Å². The Hall–Kier alpha value is -2.59. The van der Waals surface area contributed by atoms with Gasteiger partial charge in [-0.05, 0) is 35.9 Å². The third-order valence-corrected chi connectivity index (χ3v) is 6.89. The summed E-state index contributed by atoms with van der Waals surface area (Å²) in [5.41, 5.74) is 3.49. The number of nitrogens with one attached hydrogen (secondary N) is 1. The Morgan fingerprint density at radius 3 is 2.65 bits per heavy atom. The van der Waals surface area contributed by atoms with Gasteiger partial charge in [0.05, 0.1) is 24.1 Å². The Balaban J connectivity index is 1.69. The summed E-state index contributed by atoms with van der Waals surface area (Å²) in [7, 11) is -2.66. The Morgan fingerprint density at radius 1 is 1.16 bits per heavy atom. The van der Waals surface area contributed by atoms with Gasteiger partial charge in [-0.15, -0.1) is 11.3 Å². The molecule has 3 aromatic rings. The van der Waals surface area contributed by atoms with E-state index in [1.807, 2.05) is 0 Å². The van der Waals surface area contributed by atoms with Crippen LogP contribution in [0.5, 0.6) is 11.5 Å². The van der Waals surface area contributed by atoms with Crippen molar-refractivity contribution in [1.82, 2.24) is 5.43 Å². The van der Waals surface area contributed by atoms with E-state index < -0.39 is 10.1 Å². The van der Waals surface area contributed by atoms with E-state index in [0.29, 0.717) is 11.3 Å². The number of hydrogen-bond acceptors (Lipinski definition) is 7. The number of thiophene rings is 1. The summed E-state index contributed by atoms with van der Waals surface area (Å²) in [5.74, 6) is 0.315. The lowest BCUT2D eigenvalue weighted by Gasteiger charge is -2.08. The molecule has 7 nitrogen and oxygen atoms in total. The second-order valence-corrected chi connectivity index (χ2v) is 9.89. The number of carbonyl (C=O) groups excluding carboxylic acids is 1. The fourth-order valence-electron chi connectivity index (χ4n) is 2.50. The van der Waals surface area contributed by atoms with Crippen LogP contribution in [0.2, 0.25) is 8.67 Å². The fraction of sp³-hybridized carbons (Fsp3) is 0.100. The van der Waals surface area contributed by atoms with Crippen molar-refractivity contribution in [2.75, 3.05) is 7.11 Å².